The maximum Gasteiger partial charge on any atom is 0.409 e. The number of aldehydes is 3. The van der Waals surface area contributed by atoms with E-state index in [9.17, 15) is 86.9 Å². The predicted molar refractivity (Wildman–Crippen MR) is 540 cm³/mol. The van der Waals surface area contributed by atoms with E-state index < -0.39 is 155 Å². The summed E-state index contributed by atoms with van der Waals surface area (Å²) in [7, 11) is 13.2. The van der Waals surface area contributed by atoms with Crippen molar-refractivity contribution in [3.05, 3.63) is 157 Å². The van der Waals surface area contributed by atoms with Crippen molar-refractivity contribution in [2.45, 2.75) is 253 Å². The lowest BCUT2D eigenvalue weighted by atomic mass is 9.83. The fraction of sp³-hybridized carbons (Fsp3) is 0.538. The fourth-order valence-electron chi connectivity index (χ4n) is 18.2. The number of amides is 9. The highest BCUT2D eigenvalue weighted by molar-refractivity contribution is 8.00. The zero-order valence-electron chi connectivity index (χ0n) is 84.8. The Balaban J connectivity index is 0.000000298. The number of ether oxygens (including phenoxy) is 11. The molecule has 13 unspecified atom stereocenters. The third-order valence-corrected chi connectivity index (χ3v) is 30.5. The summed E-state index contributed by atoms with van der Waals surface area (Å²) in [5.74, 6) is -4.08. The number of alkyl carbamates (subject to hydrolysis) is 2. The van der Waals surface area contributed by atoms with Crippen LogP contribution in [0.2, 0.25) is 10.0 Å². The molecule has 145 heavy (non-hydrogen) atoms. The van der Waals surface area contributed by atoms with Crippen LogP contribution in [0.5, 0.6) is 17.2 Å². The molecule has 5 N–H and O–H groups in total. The van der Waals surface area contributed by atoms with Gasteiger partial charge in [-0.2, -0.15) is 11.8 Å². The minimum Gasteiger partial charge on any atom is -0.496 e. The monoisotopic (exact) mass is 2090 g/mol. The summed E-state index contributed by atoms with van der Waals surface area (Å²) in [6.45, 7) is 14.1. The number of halogens is 2. The smallest absolute Gasteiger partial charge is 0.409 e. The van der Waals surface area contributed by atoms with Crippen molar-refractivity contribution in [3.8, 4) is 17.2 Å². The Bertz CT molecular complexity index is 5620. The normalized spacial score (nSPS) is 26.8. The molecule has 0 radical (unpaired) electrons. The molecule has 0 spiro atoms. The van der Waals surface area contributed by atoms with Gasteiger partial charge in [0.25, 0.3) is 0 Å². The van der Waals surface area contributed by atoms with Crippen molar-refractivity contribution in [3.63, 3.8) is 0 Å². The van der Waals surface area contributed by atoms with E-state index in [0.29, 0.717) is 105 Å². The van der Waals surface area contributed by atoms with Crippen LogP contribution < -0.4 is 40.0 Å². The number of aryl methyl sites for hydroxylation is 2. The molecule has 7 aliphatic heterocycles. The number of anilines is 2. The number of imide groups is 1. The van der Waals surface area contributed by atoms with Crippen LogP contribution in [-0.4, -0.2) is 304 Å². The molecule has 0 aliphatic carbocycles. The van der Waals surface area contributed by atoms with Crippen LogP contribution in [0, 0.1) is 11.8 Å². The van der Waals surface area contributed by atoms with Crippen LogP contribution in [0.3, 0.4) is 0 Å². The van der Waals surface area contributed by atoms with Crippen LogP contribution in [0.4, 0.5) is 21.0 Å². The zero-order valence-corrected chi connectivity index (χ0v) is 87.9. The van der Waals surface area contributed by atoms with Gasteiger partial charge >= 0.3 is 24.1 Å². The molecule has 8 bridgehead atoms. The number of likely N-dealkylation sites (tertiary alicyclic amines) is 1. The zero-order chi connectivity index (χ0) is 106. The second-order valence-electron chi connectivity index (χ2n) is 37.8. The molecule has 11 rings (SSSR count). The molecular weight excluding hydrogens is 1960 g/mol. The van der Waals surface area contributed by atoms with Gasteiger partial charge in [-0.25, -0.2) is 19.2 Å². The molecule has 37 nitrogen and oxygen atoms in total. The van der Waals surface area contributed by atoms with Crippen molar-refractivity contribution in [2.75, 3.05) is 104 Å². The van der Waals surface area contributed by atoms with Gasteiger partial charge in [-0.05, 0) is 145 Å². The quantitative estimate of drug-likeness (QED) is 0.00699. The first-order valence-corrected chi connectivity index (χ1v) is 50.9. The van der Waals surface area contributed by atoms with Gasteiger partial charge in [-0.3, -0.25) is 73.1 Å². The van der Waals surface area contributed by atoms with Gasteiger partial charge < -0.3 is 87.2 Å². The van der Waals surface area contributed by atoms with E-state index in [0.717, 1.165) is 50.1 Å². The van der Waals surface area contributed by atoms with Gasteiger partial charge in [0.05, 0.1) is 74.3 Å². The molecular formula is C104H132Cl2N8O29S2. The number of carbonyl (C=O) groups excluding carboxylic acids is 16. The number of fused-ring (bicyclic) bond motifs is 10. The topological polar surface area (TPSA) is 474 Å². The number of allylic oxidation sites excluding steroid dienone is 6. The van der Waals surface area contributed by atoms with Gasteiger partial charge in [0.1, 0.15) is 98.8 Å². The Hall–Kier alpha value is -11.4. The maximum atomic E-state index is 14.4. The highest BCUT2D eigenvalue weighted by Gasteiger charge is 2.67. The summed E-state index contributed by atoms with van der Waals surface area (Å²) in [6, 6.07) is 14.8. The maximum absolute atomic E-state index is 14.4. The molecule has 5 saturated heterocycles. The number of ketones is 2. The lowest BCUT2D eigenvalue weighted by Gasteiger charge is -2.42. The van der Waals surface area contributed by atoms with Crippen molar-refractivity contribution in [1.29, 1.82) is 0 Å². The second kappa shape index (κ2) is 51.8. The van der Waals surface area contributed by atoms with E-state index >= 15 is 0 Å². The Morgan fingerprint density at radius 3 is 1.46 bits per heavy atom. The number of benzene rings is 4. The summed E-state index contributed by atoms with van der Waals surface area (Å²) in [5.41, 5.74) is 0.205. The van der Waals surface area contributed by atoms with Crippen molar-refractivity contribution < 1.29 is 139 Å². The van der Waals surface area contributed by atoms with Gasteiger partial charge in [0.2, 0.25) is 41.4 Å². The summed E-state index contributed by atoms with van der Waals surface area (Å²) >= 11 is 16.0. The Morgan fingerprint density at radius 1 is 0.572 bits per heavy atom. The number of thioether (sulfide) groups is 2. The number of nitrogens with zero attached hydrogens (tertiary/aromatic N) is 5. The molecule has 17 atom stereocenters. The number of Topliss-reactive ketones (excluding diaryl/α,β-unsaturated/α-hetero) is 2. The minimum atomic E-state index is -1.89. The van der Waals surface area contributed by atoms with E-state index in [1.165, 1.54) is 108 Å². The summed E-state index contributed by atoms with van der Waals surface area (Å²) in [4.78, 5) is 213. The Kier molecular flexibility index (Phi) is 41.3. The molecule has 0 aromatic heterocycles. The van der Waals surface area contributed by atoms with Crippen molar-refractivity contribution >= 4 is 154 Å². The predicted octanol–water partition coefficient (Wildman–Crippen LogP) is 10.9. The number of hydrogen-bond donors (Lipinski definition) is 5. The average Bonchev–Trinajstić information content (AvgIpc) is 1.60. The number of hydrogen-bond acceptors (Lipinski definition) is 31. The van der Waals surface area contributed by atoms with Crippen LogP contribution in [-0.2, 0) is 116 Å². The number of epoxide rings is 2. The van der Waals surface area contributed by atoms with Gasteiger partial charge in [0.15, 0.2) is 30.3 Å². The average molecular weight is 2090 g/mol. The molecule has 7 aliphatic rings. The van der Waals surface area contributed by atoms with E-state index in [2.05, 4.69) is 16.0 Å². The molecule has 9 amide bonds. The van der Waals surface area contributed by atoms with Crippen LogP contribution in [0.15, 0.2) is 108 Å². The van der Waals surface area contributed by atoms with Crippen molar-refractivity contribution in [1.82, 2.24) is 30.7 Å². The highest BCUT2D eigenvalue weighted by Crippen LogP contribution is 2.52. The van der Waals surface area contributed by atoms with Crippen LogP contribution >= 0.6 is 46.7 Å². The lowest BCUT2D eigenvalue weighted by molar-refractivity contribution is -0.162. The van der Waals surface area contributed by atoms with Gasteiger partial charge in [0, 0.05) is 148 Å². The van der Waals surface area contributed by atoms with Gasteiger partial charge in [-0.1, -0.05) is 103 Å². The highest BCUT2D eigenvalue weighted by atomic mass is 35.5. The number of aliphatic hydroxyl groups is 2. The molecule has 7 heterocycles. The summed E-state index contributed by atoms with van der Waals surface area (Å²) < 4.78 is 64.0. The lowest BCUT2D eigenvalue weighted by Crippen LogP contribution is -2.63. The Labute approximate surface area is 862 Å². The van der Waals surface area contributed by atoms with E-state index in [4.69, 9.17) is 75.3 Å². The molecule has 5 fully saturated rings. The Morgan fingerprint density at radius 2 is 1.01 bits per heavy atom. The number of methoxy groups -OCH3 is 5. The first kappa shape index (κ1) is 116. The summed E-state index contributed by atoms with van der Waals surface area (Å²) in [6.07, 6.45) is 5.05. The summed E-state index contributed by atoms with van der Waals surface area (Å²) in [5, 5.41) is 31.1. The van der Waals surface area contributed by atoms with Crippen LogP contribution in [0.25, 0.3) is 0 Å². The third kappa shape index (κ3) is 29.6. The van der Waals surface area contributed by atoms with Crippen LogP contribution in [0.1, 0.15) is 192 Å². The minimum absolute atomic E-state index is 0.0110. The fourth-order valence-corrected chi connectivity index (χ4v) is 20.7. The van der Waals surface area contributed by atoms with Crippen molar-refractivity contribution in [2.24, 2.45) is 11.8 Å². The number of nitrogens with one attached hydrogen (secondary N) is 3. The third-order valence-electron chi connectivity index (χ3n) is 27.6. The largest absolute Gasteiger partial charge is 0.496 e. The van der Waals surface area contributed by atoms with Gasteiger partial charge in [-0.15, -0.1) is 11.8 Å². The second-order valence-corrected chi connectivity index (χ2v) is 41.0. The number of likely N-dealkylation sites (N-methyl/N-ethyl adjacent to an activating group) is 2. The first-order chi connectivity index (χ1) is 68.7. The first-order valence-electron chi connectivity index (χ1n) is 47.9. The van der Waals surface area contributed by atoms with E-state index in [-0.39, 0.29) is 132 Å². The number of carbonyl (C=O) groups is 16. The number of rotatable bonds is 37. The SMILES string of the molecule is COc1cc(CCC(=O)CCCNC(=O)CSCCC(=O)N(C)[C@@H](C)C(=O)O[C@H]2CC(=O)N(C)c3cc(cc(OC)c3Cl)C/C(C)=C/C=C/C(OC)C3(O)CC(OC(=O)N3)C(C)C3OC32C)ccc1C=O.COc1cc2cc(c1Cl)N(C)C(=O)C[C@H](OC(=O)[C@H](C)N(C)C(=O)CCSC1CC(=O)N(CCCC(=O)CCc3ccc(C=O)c(C=O)c3)C1=O)C1(C)OC1C(C)C1CC(O)(NC(=O)O1)C(OC)/C=C/C=C(\C)C2. The van der Waals surface area contributed by atoms with E-state index in [1.807, 2.05) is 26.0 Å². The molecule has 4 aromatic rings. The molecule has 0 saturated carbocycles. The molecule has 41 heteroatoms. The van der Waals surface area contributed by atoms with E-state index in [1.54, 1.807) is 114 Å². The number of esters is 2. The molecule has 4 aromatic carbocycles. The standard InChI is InChI=1S/C53H65ClN4O15S.C51H67ClN4O14S/c1-30-11-9-13-42(70-8)53(68)27-40(71-51(67)55-53)31(2)48-52(4,73-48)43(26-45(63)57(6)38-23-34(21-30)24-39(69-7)47(38)54)72-50(66)32(3)56(5)44(62)18-20-74-41-25-46(64)58(49(41)65)19-10-12-37(61)17-15-33-14-16-35(28-59)36(22-33)29-60;1-30-12-10-14-41(67-9)51(64)27-40(68-49(63)54-51)31(2)47-50(4,70-47)42(26-45(61)56(6)37-23-34(22-30)25-39(66-8)46(37)52)69-48(62)32(3)55(5)44(60)19-21-71-29-43(59)53-20-11-13-36(58)18-16-33-15-17-35(28-57)38(24-33)65-7/h9,11,13-14,16,22-24,28-29,31-32,40-43,48,68H,10,12,15,17-21,25-27H2,1-8H3,(H,55,67);10,12,14-15,17,23-25,28,31-32,40-42,47,64H,11,13,16,18-22,26-27,29H2,1-9H3,(H,53,59)(H,54,63)/b13-9+,30-11+;14-10+,30-12+/t31?,32-,40?,41?,42?,43-,48?,52?,53?;31?,32-,40?,41?,42-,47?,50?,51?/m00/s1. The molecule has 788 valence electrons.